The van der Waals surface area contributed by atoms with Gasteiger partial charge in [0.25, 0.3) is 5.91 Å². The van der Waals surface area contributed by atoms with Gasteiger partial charge in [0, 0.05) is 11.9 Å². The van der Waals surface area contributed by atoms with Crippen molar-refractivity contribution in [2.24, 2.45) is 0 Å². The molecule has 0 saturated carbocycles. The zero-order chi connectivity index (χ0) is 20.0. The van der Waals surface area contributed by atoms with E-state index in [2.05, 4.69) is 10.3 Å². The van der Waals surface area contributed by atoms with Crippen molar-refractivity contribution in [3.63, 3.8) is 0 Å². The number of ether oxygens (including phenoxy) is 2. The van der Waals surface area contributed by atoms with Crippen molar-refractivity contribution in [3.8, 4) is 5.75 Å². The number of nitrogens with one attached hydrogen (secondary N) is 2. The highest BCUT2D eigenvalue weighted by atomic mass is 35.5. The lowest BCUT2D eigenvalue weighted by Gasteiger charge is -2.09. The van der Waals surface area contributed by atoms with Crippen molar-refractivity contribution in [3.05, 3.63) is 51.2 Å². The Hall–Kier alpha value is -2.55. The fourth-order valence-corrected chi connectivity index (χ4v) is 2.34. The highest BCUT2D eigenvalue weighted by molar-refractivity contribution is 6.48. The number of aromatic nitrogens is 1. The second kappa shape index (κ2) is 9.40. The second-order valence-corrected chi connectivity index (χ2v) is 6.05. The Morgan fingerprint density at radius 1 is 1.07 bits per heavy atom. The molecule has 2 rings (SSSR count). The van der Waals surface area contributed by atoms with E-state index in [9.17, 15) is 14.4 Å². The number of carbonyl (C=O) groups excluding carboxylic acids is 3. The van der Waals surface area contributed by atoms with Crippen LogP contribution in [0.15, 0.2) is 30.5 Å². The Morgan fingerprint density at radius 2 is 1.74 bits per heavy atom. The summed E-state index contributed by atoms with van der Waals surface area (Å²) >= 11 is 17.4. The first-order valence-corrected chi connectivity index (χ1v) is 8.36. The van der Waals surface area contributed by atoms with Crippen LogP contribution in [0.25, 0.3) is 0 Å². The number of hydrogen-bond donors (Lipinski definition) is 2. The standard InChI is InChI=1S/C16H12Cl3N3O5/c1-26-9-4-2-8(3-5-9)21-16(25)22-11(23)7-27-15(24)14-13(19)12(18)10(17)6-20-14/h2-6H,7H2,1H3,(H2,21,22,23,25). The molecule has 0 fully saturated rings. The zero-order valence-electron chi connectivity index (χ0n) is 13.7. The summed E-state index contributed by atoms with van der Waals surface area (Å²) in [4.78, 5) is 39.1. The molecule has 0 aliphatic carbocycles. The lowest BCUT2D eigenvalue weighted by atomic mass is 10.3. The number of nitrogens with zero attached hydrogens (tertiary/aromatic N) is 1. The average molecular weight is 433 g/mol. The molecule has 11 heteroatoms. The zero-order valence-corrected chi connectivity index (χ0v) is 16.0. The van der Waals surface area contributed by atoms with Crippen LogP contribution in [0.1, 0.15) is 10.5 Å². The maximum absolute atomic E-state index is 11.9. The monoisotopic (exact) mass is 431 g/mol. The summed E-state index contributed by atoms with van der Waals surface area (Å²) < 4.78 is 9.74. The number of benzene rings is 1. The van der Waals surface area contributed by atoms with E-state index < -0.39 is 24.5 Å². The molecule has 2 N–H and O–H groups in total. The lowest BCUT2D eigenvalue weighted by Crippen LogP contribution is -2.37. The van der Waals surface area contributed by atoms with Crippen LogP contribution in [-0.2, 0) is 9.53 Å². The van der Waals surface area contributed by atoms with E-state index in [1.165, 1.54) is 7.11 Å². The quantitative estimate of drug-likeness (QED) is 0.700. The third-order valence-electron chi connectivity index (χ3n) is 3.05. The molecule has 27 heavy (non-hydrogen) atoms. The molecule has 0 aliphatic rings. The summed E-state index contributed by atoms with van der Waals surface area (Å²) in [7, 11) is 1.51. The van der Waals surface area contributed by atoms with Crippen molar-refractivity contribution >= 4 is 58.4 Å². The van der Waals surface area contributed by atoms with E-state index in [4.69, 9.17) is 44.3 Å². The first-order valence-electron chi connectivity index (χ1n) is 7.23. The minimum atomic E-state index is -0.996. The summed E-state index contributed by atoms with van der Waals surface area (Å²) in [6.07, 6.45) is 1.12. The lowest BCUT2D eigenvalue weighted by molar-refractivity contribution is -0.123. The molecule has 1 heterocycles. The van der Waals surface area contributed by atoms with Crippen molar-refractivity contribution in [2.75, 3.05) is 19.0 Å². The minimum absolute atomic E-state index is 0.0613. The fraction of sp³-hybridized carbons (Fsp3) is 0.125. The molecule has 142 valence electrons. The maximum atomic E-state index is 11.9. The van der Waals surface area contributed by atoms with Gasteiger partial charge in [-0.15, -0.1) is 0 Å². The van der Waals surface area contributed by atoms with Crippen LogP contribution in [0.2, 0.25) is 15.1 Å². The number of esters is 1. The topological polar surface area (TPSA) is 107 Å². The number of amides is 3. The molecule has 0 saturated heterocycles. The minimum Gasteiger partial charge on any atom is -0.497 e. The summed E-state index contributed by atoms with van der Waals surface area (Å²) in [5.74, 6) is -1.24. The number of rotatable bonds is 5. The predicted octanol–water partition coefficient (Wildman–Crippen LogP) is 3.56. The molecule has 0 radical (unpaired) electrons. The van der Waals surface area contributed by atoms with Gasteiger partial charge in [0.15, 0.2) is 12.3 Å². The van der Waals surface area contributed by atoms with E-state index in [1.54, 1.807) is 24.3 Å². The van der Waals surface area contributed by atoms with Crippen molar-refractivity contribution in [2.45, 2.75) is 0 Å². The third kappa shape index (κ3) is 5.72. The summed E-state index contributed by atoms with van der Waals surface area (Å²) in [6, 6.07) is 5.63. The van der Waals surface area contributed by atoms with E-state index in [1.807, 2.05) is 5.32 Å². The highest BCUT2D eigenvalue weighted by Gasteiger charge is 2.20. The van der Waals surface area contributed by atoms with Gasteiger partial charge in [-0.1, -0.05) is 34.8 Å². The molecule has 8 nitrogen and oxygen atoms in total. The third-order valence-corrected chi connectivity index (χ3v) is 4.29. The Morgan fingerprint density at radius 3 is 2.37 bits per heavy atom. The van der Waals surface area contributed by atoms with Gasteiger partial charge >= 0.3 is 12.0 Å². The molecule has 0 bridgehead atoms. The largest absolute Gasteiger partial charge is 0.497 e. The second-order valence-electron chi connectivity index (χ2n) is 4.89. The first kappa shape index (κ1) is 20.8. The highest BCUT2D eigenvalue weighted by Crippen LogP contribution is 2.31. The van der Waals surface area contributed by atoms with Crippen LogP contribution in [0, 0.1) is 0 Å². The number of carbonyl (C=O) groups is 3. The van der Waals surface area contributed by atoms with Gasteiger partial charge < -0.3 is 14.8 Å². The van der Waals surface area contributed by atoms with Crippen LogP contribution < -0.4 is 15.4 Å². The van der Waals surface area contributed by atoms with E-state index >= 15 is 0 Å². The molecule has 1 aromatic carbocycles. The smallest absolute Gasteiger partial charge is 0.359 e. The summed E-state index contributed by atoms with van der Waals surface area (Å²) in [6.45, 7) is -0.729. The molecular weight excluding hydrogens is 421 g/mol. The maximum Gasteiger partial charge on any atom is 0.359 e. The van der Waals surface area contributed by atoms with Crippen molar-refractivity contribution in [1.82, 2.24) is 10.3 Å². The molecule has 1 aromatic heterocycles. The van der Waals surface area contributed by atoms with Gasteiger partial charge in [0.1, 0.15) is 5.75 Å². The van der Waals surface area contributed by atoms with E-state index in [0.717, 1.165) is 6.20 Å². The number of hydrogen-bond acceptors (Lipinski definition) is 6. The van der Waals surface area contributed by atoms with Gasteiger partial charge in [-0.2, -0.15) is 0 Å². The molecule has 0 unspecified atom stereocenters. The van der Waals surface area contributed by atoms with Gasteiger partial charge in [-0.3, -0.25) is 10.1 Å². The van der Waals surface area contributed by atoms with Crippen LogP contribution in [-0.4, -0.2) is 36.6 Å². The van der Waals surface area contributed by atoms with E-state index in [0.29, 0.717) is 11.4 Å². The SMILES string of the molecule is COc1ccc(NC(=O)NC(=O)COC(=O)c2ncc(Cl)c(Cl)c2Cl)cc1. The van der Waals surface area contributed by atoms with Crippen LogP contribution in [0.4, 0.5) is 10.5 Å². The normalized spacial score (nSPS) is 10.1. The molecule has 3 amide bonds. The van der Waals surface area contributed by atoms with Crippen LogP contribution in [0.3, 0.4) is 0 Å². The Labute approximate surface area is 168 Å². The molecule has 0 spiro atoms. The molecule has 0 atom stereocenters. The summed E-state index contributed by atoms with van der Waals surface area (Å²) in [5.41, 5.74) is 0.131. The van der Waals surface area contributed by atoms with Gasteiger partial charge in [-0.25, -0.2) is 14.6 Å². The number of anilines is 1. The predicted molar refractivity (Wildman–Crippen MR) is 99.7 cm³/mol. The molecular formula is C16H12Cl3N3O5. The Kier molecular flexibility index (Phi) is 7.23. The number of methoxy groups -OCH3 is 1. The van der Waals surface area contributed by atoms with Gasteiger partial charge in [0.2, 0.25) is 0 Å². The van der Waals surface area contributed by atoms with Crippen LogP contribution in [0.5, 0.6) is 5.75 Å². The van der Waals surface area contributed by atoms with E-state index in [-0.39, 0.29) is 20.8 Å². The Balaban J connectivity index is 1.85. The summed E-state index contributed by atoms with van der Waals surface area (Å²) in [5, 5.41) is 4.23. The molecule has 0 aliphatic heterocycles. The number of halogens is 3. The van der Waals surface area contributed by atoms with Gasteiger partial charge in [0.05, 0.1) is 22.2 Å². The average Bonchev–Trinajstić information content (AvgIpc) is 2.65. The van der Waals surface area contributed by atoms with Crippen molar-refractivity contribution in [1.29, 1.82) is 0 Å². The first-order chi connectivity index (χ1) is 12.8. The number of imide groups is 1. The molecule has 2 aromatic rings. The number of pyridine rings is 1. The van der Waals surface area contributed by atoms with Crippen molar-refractivity contribution < 1.29 is 23.9 Å². The Bertz CT molecular complexity index is 874. The van der Waals surface area contributed by atoms with Crippen LogP contribution >= 0.6 is 34.8 Å². The number of urea groups is 1. The fourth-order valence-electron chi connectivity index (χ4n) is 1.78. The van der Waals surface area contributed by atoms with Gasteiger partial charge in [-0.05, 0) is 24.3 Å².